The van der Waals surface area contributed by atoms with Gasteiger partial charge in [0, 0.05) is 44.3 Å². The van der Waals surface area contributed by atoms with Crippen LogP contribution in [0, 0.1) is 34.6 Å². The number of H-pyrrole nitrogens is 1. The zero-order chi connectivity index (χ0) is 44.7. The molecule has 63 heavy (non-hydrogen) atoms. The Labute approximate surface area is 375 Å². The number of hydrogen-bond acceptors (Lipinski definition) is 1. The second-order valence-electron chi connectivity index (χ2n) is 16.4. The van der Waals surface area contributed by atoms with E-state index in [-0.39, 0.29) is 5.41 Å². The van der Waals surface area contributed by atoms with Gasteiger partial charge in [0.15, 0.2) is 0 Å². The van der Waals surface area contributed by atoms with Crippen LogP contribution in [-0.2, 0) is 5.41 Å². The van der Waals surface area contributed by atoms with Gasteiger partial charge in [0.25, 0.3) is 0 Å². The van der Waals surface area contributed by atoms with Crippen molar-refractivity contribution in [3.8, 4) is 11.1 Å². The van der Waals surface area contributed by atoms with E-state index in [4.69, 9.17) is 0 Å². The quantitative estimate of drug-likeness (QED) is 0.177. The molecule has 2 nitrogen and oxygen atoms in total. The van der Waals surface area contributed by atoms with Crippen LogP contribution in [0.15, 0.2) is 189 Å². The van der Waals surface area contributed by atoms with E-state index in [1.165, 1.54) is 83.2 Å². The van der Waals surface area contributed by atoms with Gasteiger partial charge >= 0.3 is 0 Å². The van der Waals surface area contributed by atoms with Crippen molar-refractivity contribution < 1.29 is 0 Å². The molecular formula is C61H60N2. The number of nitrogens with zero attached hydrogens (tertiary/aromatic N) is 1. The van der Waals surface area contributed by atoms with Crippen molar-refractivity contribution in [2.24, 2.45) is 0 Å². The van der Waals surface area contributed by atoms with E-state index in [0.717, 1.165) is 22.5 Å². The Hall–Kier alpha value is -7.16. The summed E-state index contributed by atoms with van der Waals surface area (Å²) in [6.45, 7) is 24.7. The lowest BCUT2D eigenvalue weighted by Gasteiger charge is -2.32. The highest BCUT2D eigenvalue weighted by atomic mass is 15.1. The first-order valence-corrected chi connectivity index (χ1v) is 22.2. The highest BCUT2D eigenvalue weighted by molar-refractivity contribution is 6.10. The number of fused-ring (bicyclic) bond motifs is 6. The number of rotatable bonds is 6. The fourth-order valence-electron chi connectivity index (χ4n) is 8.93. The van der Waals surface area contributed by atoms with Crippen molar-refractivity contribution in [3.05, 3.63) is 245 Å². The van der Waals surface area contributed by atoms with Gasteiger partial charge in [0.05, 0.1) is 5.69 Å². The van der Waals surface area contributed by atoms with E-state index in [1.807, 2.05) is 26.0 Å². The number of benzene rings is 8. The van der Waals surface area contributed by atoms with Crippen LogP contribution in [0.1, 0.15) is 76.5 Å². The summed E-state index contributed by atoms with van der Waals surface area (Å²) in [5.74, 6) is 0. The molecule has 8 aromatic carbocycles. The summed E-state index contributed by atoms with van der Waals surface area (Å²) in [5.41, 5.74) is 19.9. The van der Waals surface area contributed by atoms with Gasteiger partial charge in [-0.25, -0.2) is 0 Å². The van der Waals surface area contributed by atoms with Crippen LogP contribution in [0.4, 0.5) is 17.1 Å². The lowest BCUT2D eigenvalue weighted by molar-refractivity contribution is 0.713. The molecule has 1 aromatic heterocycles. The van der Waals surface area contributed by atoms with Gasteiger partial charge in [0.1, 0.15) is 0 Å². The third kappa shape index (κ3) is 8.55. The topological polar surface area (TPSA) is 19.0 Å². The Kier molecular flexibility index (Phi) is 13.4. The van der Waals surface area contributed by atoms with Gasteiger partial charge in [-0.3, -0.25) is 0 Å². The molecule has 1 atom stereocenters. The van der Waals surface area contributed by atoms with Crippen molar-refractivity contribution in [3.63, 3.8) is 0 Å². The SMILES string of the molecule is C=Cc1[nH]c2ccc(C)cc2c1C=C.CC.Cc1ccc2c(c1)C(C)(c1ccccc1)c1cc(N(c3ccccc3)c3ccccc3C)c3ccccc3c1-2.Cc1ccccc1C. The molecule has 0 saturated carbocycles. The smallest absolute Gasteiger partial charge is 0.0543 e. The molecule has 1 unspecified atom stereocenters. The van der Waals surface area contributed by atoms with Crippen molar-refractivity contribution >= 4 is 50.9 Å². The molecule has 1 heterocycles. The average molecular weight is 821 g/mol. The van der Waals surface area contributed by atoms with E-state index < -0.39 is 0 Å². The number of aryl methyl sites for hydroxylation is 5. The third-order valence-corrected chi connectivity index (χ3v) is 12.4. The predicted molar refractivity (Wildman–Crippen MR) is 276 cm³/mol. The average Bonchev–Trinajstić information content (AvgIpc) is 3.81. The van der Waals surface area contributed by atoms with Gasteiger partial charge in [-0.05, 0) is 134 Å². The number of hydrogen-bond donors (Lipinski definition) is 1. The molecule has 1 aliphatic rings. The van der Waals surface area contributed by atoms with Crippen LogP contribution in [-0.4, -0.2) is 4.98 Å². The second kappa shape index (κ2) is 19.3. The van der Waals surface area contributed by atoms with Gasteiger partial charge in [-0.15, -0.1) is 0 Å². The summed E-state index contributed by atoms with van der Waals surface area (Å²) < 4.78 is 0. The molecule has 0 aliphatic heterocycles. The van der Waals surface area contributed by atoms with E-state index in [9.17, 15) is 0 Å². The van der Waals surface area contributed by atoms with Crippen LogP contribution in [0.2, 0.25) is 0 Å². The lowest BCUT2D eigenvalue weighted by Crippen LogP contribution is -2.23. The van der Waals surface area contributed by atoms with E-state index in [0.29, 0.717) is 0 Å². The highest BCUT2D eigenvalue weighted by Crippen LogP contribution is 2.57. The monoisotopic (exact) mass is 820 g/mol. The number of para-hydroxylation sites is 2. The predicted octanol–water partition coefficient (Wildman–Crippen LogP) is 17.4. The fraction of sp³-hybridized carbons (Fsp3) is 0.148. The fourth-order valence-corrected chi connectivity index (χ4v) is 8.93. The minimum atomic E-state index is -0.273. The Morgan fingerprint density at radius 1 is 0.492 bits per heavy atom. The molecule has 10 rings (SSSR count). The summed E-state index contributed by atoms with van der Waals surface area (Å²) >= 11 is 0. The number of nitrogens with one attached hydrogen (secondary N) is 1. The van der Waals surface area contributed by atoms with E-state index >= 15 is 0 Å². The number of aromatic amines is 1. The maximum absolute atomic E-state index is 3.82. The van der Waals surface area contributed by atoms with E-state index in [1.54, 1.807) is 0 Å². The van der Waals surface area contributed by atoms with Crippen LogP contribution in [0.25, 0.3) is 45.0 Å². The zero-order valence-electron chi connectivity index (χ0n) is 38.3. The highest BCUT2D eigenvalue weighted by Gasteiger charge is 2.42. The summed E-state index contributed by atoms with van der Waals surface area (Å²) in [6.07, 6.45) is 3.70. The lowest BCUT2D eigenvalue weighted by atomic mass is 9.73. The largest absolute Gasteiger partial charge is 0.355 e. The van der Waals surface area contributed by atoms with Crippen LogP contribution < -0.4 is 4.90 Å². The Balaban J connectivity index is 0.000000202. The van der Waals surface area contributed by atoms with Crippen LogP contribution >= 0.6 is 0 Å². The van der Waals surface area contributed by atoms with Gasteiger partial charge in [0.2, 0.25) is 0 Å². The first kappa shape index (κ1) is 43.9. The molecule has 1 aliphatic carbocycles. The molecule has 314 valence electrons. The number of aromatic nitrogens is 1. The minimum Gasteiger partial charge on any atom is -0.355 e. The standard InChI is InChI=1S/C38H31N.C13H13N.C8H10.C2H6/c1-26-22-23-32-33(24-26)38(3,28-15-6-4-7-16-28)34-25-36(30-19-11-12-20-31(30)37(32)34)39(29-17-8-5-9-18-29)35-21-13-10-14-27(35)2;1-4-10-11-8-9(3)6-7-13(11)14-12(10)5-2;1-7-5-3-4-6-8(7)2;1-2/h4-25H,1-3H3;4-8,14H,1-2H2,3H3;3-6H,1-2H3;1-2H3. The molecule has 0 radical (unpaired) electrons. The van der Waals surface area contributed by atoms with Crippen LogP contribution in [0.5, 0.6) is 0 Å². The van der Waals surface area contributed by atoms with E-state index in [2.05, 4.69) is 241 Å². The van der Waals surface area contributed by atoms with Gasteiger partial charge in [-0.1, -0.05) is 184 Å². The minimum absolute atomic E-state index is 0.273. The molecule has 1 N–H and O–H groups in total. The molecule has 0 spiro atoms. The Morgan fingerprint density at radius 2 is 1.05 bits per heavy atom. The van der Waals surface area contributed by atoms with Crippen molar-refractivity contribution in [2.75, 3.05) is 4.90 Å². The van der Waals surface area contributed by atoms with Crippen molar-refractivity contribution in [1.82, 2.24) is 4.98 Å². The molecule has 2 heteroatoms. The Morgan fingerprint density at radius 3 is 1.67 bits per heavy atom. The maximum atomic E-state index is 3.82. The molecule has 0 bridgehead atoms. The normalized spacial score (nSPS) is 13.3. The second-order valence-corrected chi connectivity index (χ2v) is 16.4. The van der Waals surface area contributed by atoms with Gasteiger partial charge in [-0.2, -0.15) is 0 Å². The van der Waals surface area contributed by atoms with Crippen molar-refractivity contribution in [2.45, 2.75) is 60.8 Å². The first-order chi connectivity index (χ1) is 30.6. The molecule has 0 fully saturated rings. The molecule has 0 amide bonds. The third-order valence-electron chi connectivity index (χ3n) is 12.4. The first-order valence-electron chi connectivity index (χ1n) is 22.2. The van der Waals surface area contributed by atoms with Gasteiger partial charge < -0.3 is 9.88 Å². The summed E-state index contributed by atoms with van der Waals surface area (Å²) in [5, 5.41) is 3.77. The summed E-state index contributed by atoms with van der Waals surface area (Å²) in [4.78, 5) is 5.74. The maximum Gasteiger partial charge on any atom is 0.0543 e. The molecular weight excluding hydrogens is 761 g/mol. The molecule has 9 aromatic rings. The van der Waals surface area contributed by atoms with Crippen LogP contribution in [0.3, 0.4) is 0 Å². The van der Waals surface area contributed by atoms with Crippen molar-refractivity contribution in [1.29, 1.82) is 0 Å². The summed E-state index contributed by atoms with van der Waals surface area (Å²) in [6, 6.07) is 63.6. The zero-order valence-corrected chi connectivity index (χ0v) is 38.3. The molecule has 0 saturated heterocycles. The number of anilines is 3. The Bertz CT molecular complexity index is 3000. The summed E-state index contributed by atoms with van der Waals surface area (Å²) in [7, 11) is 0.